The van der Waals surface area contributed by atoms with Crippen LogP contribution in [0.15, 0.2) is 75.9 Å². The molecule has 3 aromatic carbocycles. The summed E-state index contributed by atoms with van der Waals surface area (Å²) in [6.07, 6.45) is 0. The van der Waals surface area contributed by atoms with Gasteiger partial charge in [0.05, 0.1) is 11.6 Å². The van der Waals surface area contributed by atoms with E-state index in [2.05, 4.69) is 5.32 Å². The van der Waals surface area contributed by atoms with E-state index in [0.717, 1.165) is 16.3 Å². The lowest BCUT2D eigenvalue weighted by Gasteiger charge is -2.16. The summed E-state index contributed by atoms with van der Waals surface area (Å²) >= 11 is 0. The molecule has 0 saturated carbocycles. The summed E-state index contributed by atoms with van der Waals surface area (Å²) in [7, 11) is 0. The second-order valence-electron chi connectivity index (χ2n) is 6.28. The number of benzene rings is 3. The van der Waals surface area contributed by atoms with Crippen LogP contribution in [0.1, 0.15) is 18.5 Å². The lowest BCUT2D eigenvalue weighted by molar-refractivity contribution is -0.122. The smallest absolute Gasteiger partial charge is 0.408 e. The average molecular weight is 346 g/mol. The molecule has 0 unspecified atom stereocenters. The number of nitrogens with one attached hydrogen (secondary N) is 1. The maximum Gasteiger partial charge on any atom is 0.420 e. The molecule has 5 heteroatoms. The molecule has 0 aliphatic carbocycles. The topological polar surface area (TPSA) is 64.2 Å². The predicted molar refractivity (Wildman–Crippen MR) is 101 cm³/mol. The van der Waals surface area contributed by atoms with Gasteiger partial charge in [-0.05, 0) is 35.4 Å². The Bertz CT molecular complexity index is 1150. The second kappa shape index (κ2) is 6.52. The Hall–Kier alpha value is -3.34. The van der Waals surface area contributed by atoms with E-state index in [1.165, 1.54) is 4.57 Å². The minimum Gasteiger partial charge on any atom is -0.408 e. The zero-order valence-electron chi connectivity index (χ0n) is 14.3. The fraction of sp³-hybridized carbons (Fsp3) is 0.143. The van der Waals surface area contributed by atoms with Gasteiger partial charge in [-0.1, -0.05) is 54.6 Å². The molecule has 1 atom stereocenters. The van der Waals surface area contributed by atoms with E-state index in [-0.39, 0.29) is 18.5 Å². The Balaban J connectivity index is 1.58. The molecule has 0 bridgehead atoms. The summed E-state index contributed by atoms with van der Waals surface area (Å²) < 4.78 is 6.52. The number of nitrogens with zero attached hydrogens (tertiary/aromatic N) is 1. The second-order valence-corrected chi connectivity index (χ2v) is 6.28. The standard InChI is InChI=1S/C21H18N2O3/c1-14(16-10-6-8-15-7-2-3-9-17(15)16)22-20(24)13-23-18-11-4-5-12-19(18)26-21(23)25/h2-12,14H,13H2,1H3,(H,22,24)/t14-/m1/s1. The first-order chi connectivity index (χ1) is 12.6. The van der Waals surface area contributed by atoms with E-state index in [1.807, 2.05) is 55.5 Å². The zero-order chi connectivity index (χ0) is 18.1. The van der Waals surface area contributed by atoms with Crippen LogP contribution in [0.3, 0.4) is 0 Å². The molecule has 0 aliphatic heterocycles. The molecular formula is C21H18N2O3. The van der Waals surface area contributed by atoms with Gasteiger partial charge in [-0.2, -0.15) is 0 Å². The molecule has 1 N–H and O–H groups in total. The van der Waals surface area contributed by atoms with Crippen LogP contribution in [0.4, 0.5) is 0 Å². The maximum atomic E-state index is 12.5. The van der Waals surface area contributed by atoms with E-state index in [1.54, 1.807) is 18.2 Å². The summed E-state index contributed by atoms with van der Waals surface area (Å²) in [5.74, 6) is -0.766. The highest BCUT2D eigenvalue weighted by molar-refractivity contribution is 5.87. The van der Waals surface area contributed by atoms with Crippen LogP contribution in [-0.2, 0) is 11.3 Å². The first kappa shape index (κ1) is 16.1. The summed E-state index contributed by atoms with van der Waals surface area (Å²) in [5, 5.41) is 5.21. The summed E-state index contributed by atoms with van der Waals surface area (Å²) in [4.78, 5) is 24.5. The highest BCUT2D eigenvalue weighted by Crippen LogP contribution is 2.24. The van der Waals surface area contributed by atoms with Gasteiger partial charge in [-0.15, -0.1) is 0 Å². The molecule has 130 valence electrons. The summed E-state index contributed by atoms with van der Waals surface area (Å²) in [6, 6.07) is 21.0. The number of rotatable bonds is 4. The van der Waals surface area contributed by atoms with Crippen molar-refractivity contribution in [2.24, 2.45) is 0 Å². The number of hydrogen-bond acceptors (Lipinski definition) is 3. The Morgan fingerprint density at radius 3 is 2.65 bits per heavy atom. The maximum absolute atomic E-state index is 12.5. The molecule has 0 saturated heterocycles. The summed E-state index contributed by atoms with van der Waals surface area (Å²) in [5.41, 5.74) is 2.14. The van der Waals surface area contributed by atoms with Gasteiger partial charge in [0.1, 0.15) is 6.54 Å². The van der Waals surface area contributed by atoms with Gasteiger partial charge in [0, 0.05) is 0 Å². The molecule has 0 spiro atoms. The number of hydrogen-bond donors (Lipinski definition) is 1. The number of amides is 1. The number of oxazole rings is 1. The van der Waals surface area contributed by atoms with E-state index < -0.39 is 5.76 Å². The number of carbonyl (C=O) groups excluding carboxylic acids is 1. The lowest BCUT2D eigenvalue weighted by atomic mass is 10.00. The molecule has 4 rings (SSSR count). The normalized spacial score (nSPS) is 12.3. The van der Waals surface area contributed by atoms with Gasteiger partial charge in [0.2, 0.25) is 5.91 Å². The van der Waals surface area contributed by atoms with E-state index in [9.17, 15) is 9.59 Å². The first-order valence-electron chi connectivity index (χ1n) is 8.49. The van der Waals surface area contributed by atoms with Gasteiger partial charge >= 0.3 is 5.76 Å². The van der Waals surface area contributed by atoms with Crippen molar-refractivity contribution in [3.05, 3.63) is 82.8 Å². The Labute approximate surface area is 149 Å². The van der Waals surface area contributed by atoms with Gasteiger partial charge in [0.15, 0.2) is 5.58 Å². The lowest BCUT2D eigenvalue weighted by Crippen LogP contribution is -2.32. The van der Waals surface area contributed by atoms with E-state index >= 15 is 0 Å². The molecule has 0 radical (unpaired) electrons. The Morgan fingerprint density at radius 1 is 1.04 bits per heavy atom. The first-order valence-corrected chi connectivity index (χ1v) is 8.49. The number of carbonyl (C=O) groups is 1. The van der Waals surface area contributed by atoms with Gasteiger partial charge < -0.3 is 9.73 Å². The Morgan fingerprint density at radius 2 is 1.77 bits per heavy atom. The van der Waals surface area contributed by atoms with Crippen molar-refractivity contribution in [1.82, 2.24) is 9.88 Å². The number of fused-ring (bicyclic) bond motifs is 2. The Kier molecular flexibility index (Phi) is 4.05. The van der Waals surface area contributed by atoms with Crippen molar-refractivity contribution < 1.29 is 9.21 Å². The number of aromatic nitrogens is 1. The third kappa shape index (κ3) is 2.88. The third-order valence-electron chi connectivity index (χ3n) is 4.54. The van der Waals surface area contributed by atoms with Crippen molar-refractivity contribution in [3.8, 4) is 0 Å². The van der Waals surface area contributed by atoms with E-state index in [0.29, 0.717) is 11.1 Å². The molecule has 5 nitrogen and oxygen atoms in total. The van der Waals surface area contributed by atoms with Gasteiger partial charge in [-0.25, -0.2) is 4.79 Å². The molecular weight excluding hydrogens is 328 g/mol. The van der Waals surface area contributed by atoms with Crippen LogP contribution in [-0.4, -0.2) is 10.5 Å². The molecule has 0 aliphatic rings. The van der Waals surface area contributed by atoms with Crippen molar-refractivity contribution in [1.29, 1.82) is 0 Å². The molecule has 0 fully saturated rings. The van der Waals surface area contributed by atoms with Crippen molar-refractivity contribution in [2.45, 2.75) is 19.5 Å². The molecule has 1 aromatic heterocycles. The minimum atomic E-state index is -0.529. The van der Waals surface area contributed by atoms with Crippen LogP contribution < -0.4 is 11.1 Å². The predicted octanol–water partition coefficient (Wildman–Crippen LogP) is 3.63. The molecule has 1 heterocycles. The third-order valence-corrected chi connectivity index (χ3v) is 4.54. The fourth-order valence-corrected chi connectivity index (χ4v) is 3.30. The molecule has 4 aromatic rings. The monoisotopic (exact) mass is 346 g/mol. The fourth-order valence-electron chi connectivity index (χ4n) is 3.30. The van der Waals surface area contributed by atoms with Gasteiger partial charge in [-0.3, -0.25) is 9.36 Å². The minimum absolute atomic E-state index is 0.0784. The number of para-hydroxylation sites is 2. The van der Waals surface area contributed by atoms with Crippen molar-refractivity contribution >= 4 is 27.8 Å². The van der Waals surface area contributed by atoms with Crippen molar-refractivity contribution in [3.63, 3.8) is 0 Å². The highest BCUT2D eigenvalue weighted by atomic mass is 16.4. The average Bonchev–Trinajstić information content (AvgIpc) is 2.96. The highest BCUT2D eigenvalue weighted by Gasteiger charge is 2.15. The van der Waals surface area contributed by atoms with Crippen LogP contribution in [0, 0.1) is 0 Å². The van der Waals surface area contributed by atoms with Crippen LogP contribution in [0.5, 0.6) is 0 Å². The van der Waals surface area contributed by atoms with Gasteiger partial charge in [0.25, 0.3) is 0 Å². The van der Waals surface area contributed by atoms with Crippen LogP contribution in [0.2, 0.25) is 0 Å². The van der Waals surface area contributed by atoms with Crippen molar-refractivity contribution in [2.75, 3.05) is 0 Å². The van der Waals surface area contributed by atoms with E-state index in [4.69, 9.17) is 4.42 Å². The zero-order valence-corrected chi connectivity index (χ0v) is 14.3. The summed E-state index contributed by atoms with van der Waals surface area (Å²) in [6.45, 7) is 1.86. The molecule has 1 amide bonds. The molecule has 26 heavy (non-hydrogen) atoms. The van der Waals surface area contributed by atoms with Crippen LogP contribution in [0.25, 0.3) is 21.9 Å². The SMILES string of the molecule is C[C@@H](NC(=O)Cn1c(=O)oc2ccccc21)c1cccc2ccccc12. The largest absolute Gasteiger partial charge is 0.420 e. The quantitative estimate of drug-likeness (QED) is 0.614. The van der Waals surface area contributed by atoms with Crippen LogP contribution >= 0.6 is 0 Å².